The second-order valence-corrected chi connectivity index (χ2v) is 5.87. The van der Waals surface area contributed by atoms with Gasteiger partial charge in [0.05, 0.1) is 24.5 Å². The van der Waals surface area contributed by atoms with Crippen molar-refractivity contribution in [1.82, 2.24) is 4.98 Å². The zero-order valence-electron chi connectivity index (χ0n) is 13.8. The zero-order chi connectivity index (χ0) is 17.1. The van der Waals surface area contributed by atoms with Crippen molar-refractivity contribution < 1.29 is 14.3 Å². The van der Waals surface area contributed by atoms with Gasteiger partial charge in [-0.15, -0.1) is 0 Å². The molecule has 1 aromatic carbocycles. The molecular formula is C18H21N3O3. The number of amides is 1. The van der Waals surface area contributed by atoms with E-state index >= 15 is 0 Å². The van der Waals surface area contributed by atoms with Gasteiger partial charge in [0.2, 0.25) is 11.8 Å². The van der Waals surface area contributed by atoms with Crippen molar-refractivity contribution in [3.05, 3.63) is 42.1 Å². The van der Waals surface area contributed by atoms with Crippen molar-refractivity contribution in [3.8, 4) is 17.4 Å². The zero-order valence-corrected chi connectivity index (χ0v) is 13.8. The Kier molecular flexibility index (Phi) is 4.66. The van der Waals surface area contributed by atoms with Crippen LogP contribution in [0.25, 0.3) is 0 Å². The SMILES string of the molecule is CCC(N)C(=O)Nc1ccc(Oc2cccc3c2C(C)CO3)nc1. The van der Waals surface area contributed by atoms with Gasteiger partial charge in [0.25, 0.3) is 0 Å². The third-order valence-corrected chi connectivity index (χ3v) is 4.00. The third kappa shape index (κ3) is 3.33. The first-order valence-corrected chi connectivity index (χ1v) is 8.04. The number of aromatic nitrogens is 1. The lowest BCUT2D eigenvalue weighted by Crippen LogP contribution is -2.34. The first-order chi connectivity index (χ1) is 11.6. The fourth-order valence-corrected chi connectivity index (χ4v) is 2.57. The van der Waals surface area contributed by atoms with E-state index in [1.165, 1.54) is 0 Å². The molecule has 24 heavy (non-hydrogen) atoms. The van der Waals surface area contributed by atoms with Crippen LogP contribution in [0.15, 0.2) is 36.5 Å². The fraction of sp³-hybridized carbons (Fsp3) is 0.333. The van der Waals surface area contributed by atoms with E-state index in [2.05, 4.69) is 17.2 Å². The molecule has 126 valence electrons. The van der Waals surface area contributed by atoms with Crippen LogP contribution in [0.4, 0.5) is 5.69 Å². The van der Waals surface area contributed by atoms with Gasteiger partial charge >= 0.3 is 0 Å². The van der Waals surface area contributed by atoms with Gasteiger partial charge in [0, 0.05) is 17.5 Å². The maximum absolute atomic E-state index is 11.8. The molecule has 6 heteroatoms. The van der Waals surface area contributed by atoms with E-state index in [9.17, 15) is 4.79 Å². The van der Waals surface area contributed by atoms with E-state index in [0.717, 1.165) is 17.1 Å². The molecule has 2 unspecified atom stereocenters. The van der Waals surface area contributed by atoms with Gasteiger partial charge in [-0.2, -0.15) is 0 Å². The van der Waals surface area contributed by atoms with Gasteiger partial charge in [0.1, 0.15) is 11.5 Å². The summed E-state index contributed by atoms with van der Waals surface area (Å²) in [7, 11) is 0. The van der Waals surface area contributed by atoms with Crippen molar-refractivity contribution in [3.63, 3.8) is 0 Å². The Bertz CT molecular complexity index is 731. The Hall–Kier alpha value is -2.60. The molecule has 0 saturated carbocycles. The third-order valence-electron chi connectivity index (χ3n) is 4.00. The maximum atomic E-state index is 11.8. The molecule has 0 saturated heterocycles. The van der Waals surface area contributed by atoms with Crippen LogP contribution in [-0.2, 0) is 4.79 Å². The lowest BCUT2D eigenvalue weighted by atomic mass is 10.0. The monoisotopic (exact) mass is 327 g/mol. The maximum Gasteiger partial charge on any atom is 0.241 e. The number of pyridine rings is 1. The van der Waals surface area contributed by atoms with Crippen LogP contribution in [0.5, 0.6) is 17.4 Å². The number of carbonyl (C=O) groups excluding carboxylic acids is 1. The van der Waals surface area contributed by atoms with E-state index in [0.29, 0.717) is 24.6 Å². The van der Waals surface area contributed by atoms with Crippen LogP contribution in [0.1, 0.15) is 31.7 Å². The molecule has 2 atom stereocenters. The summed E-state index contributed by atoms with van der Waals surface area (Å²) in [5, 5.41) is 2.73. The van der Waals surface area contributed by atoms with Crippen molar-refractivity contribution in [1.29, 1.82) is 0 Å². The van der Waals surface area contributed by atoms with E-state index in [1.807, 2.05) is 25.1 Å². The summed E-state index contributed by atoms with van der Waals surface area (Å²) < 4.78 is 11.5. The topological polar surface area (TPSA) is 86.5 Å². The van der Waals surface area contributed by atoms with E-state index < -0.39 is 6.04 Å². The molecule has 0 spiro atoms. The second kappa shape index (κ2) is 6.88. The van der Waals surface area contributed by atoms with Gasteiger partial charge in [-0.1, -0.05) is 19.9 Å². The summed E-state index contributed by atoms with van der Waals surface area (Å²) in [5.41, 5.74) is 7.34. The molecule has 3 rings (SSSR count). The van der Waals surface area contributed by atoms with Gasteiger partial charge in [-0.25, -0.2) is 4.98 Å². The van der Waals surface area contributed by atoms with E-state index in [1.54, 1.807) is 18.3 Å². The standard InChI is InChI=1S/C18H21N3O3/c1-3-13(19)18(22)21-12-7-8-16(20-9-12)24-15-6-4-5-14-17(15)11(2)10-23-14/h4-9,11,13H,3,10,19H2,1-2H3,(H,21,22). The number of nitrogens with zero attached hydrogens (tertiary/aromatic N) is 1. The predicted octanol–water partition coefficient (Wildman–Crippen LogP) is 3.05. The quantitative estimate of drug-likeness (QED) is 0.881. The van der Waals surface area contributed by atoms with Gasteiger partial charge in [-0.05, 0) is 24.6 Å². The molecular weight excluding hydrogens is 306 g/mol. The average molecular weight is 327 g/mol. The normalized spacial score (nSPS) is 16.9. The molecule has 0 bridgehead atoms. The summed E-state index contributed by atoms with van der Waals surface area (Å²) in [6.07, 6.45) is 2.14. The molecule has 1 aliphatic rings. The predicted molar refractivity (Wildman–Crippen MR) is 91.6 cm³/mol. The first kappa shape index (κ1) is 16.3. The Balaban J connectivity index is 1.72. The summed E-state index contributed by atoms with van der Waals surface area (Å²) >= 11 is 0. The highest BCUT2D eigenvalue weighted by molar-refractivity contribution is 5.94. The lowest BCUT2D eigenvalue weighted by Gasteiger charge is -2.12. The minimum atomic E-state index is -0.519. The largest absolute Gasteiger partial charge is 0.493 e. The van der Waals surface area contributed by atoms with Crippen molar-refractivity contribution >= 4 is 11.6 Å². The molecule has 6 nitrogen and oxygen atoms in total. The number of nitrogens with two attached hydrogens (primary N) is 1. The highest BCUT2D eigenvalue weighted by Crippen LogP contribution is 2.41. The average Bonchev–Trinajstić information content (AvgIpc) is 2.98. The lowest BCUT2D eigenvalue weighted by molar-refractivity contribution is -0.117. The van der Waals surface area contributed by atoms with Crippen LogP contribution in [-0.4, -0.2) is 23.5 Å². The summed E-state index contributed by atoms with van der Waals surface area (Å²) in [6, 6.07) is 8.68. The number of nitrogens with one attached hydrogen (secondary N) is 1. The number of anilines is 1. The molecule has 3 N–H and O–H groups in total. The second-order valence-electron chi connectivity index (χ2n) is 5.87. The Morgan fingerprint density at radius 2 is 2.29 bits per heavy atom. The van der Waals surface area contributed by atoms with Crippen LogP contribution < -0.4 is 20.5 Å². The van der Waals surface area contributed by atoms with Gasteiger partial charge < -0.3 is 20.5 Å². The number of fused-ring (bicyclic) bond motifs is 1. The first-order valence-electron chi connectivity index (χ1n) is 8.04. The number of hydrogen-bond acceptors (Lipinski definition) is 5. The van der Waals surface area contributed by atoms with Gasteiger partial charge in [0.15, 0.2) is 0 Å². The highest BCUT2D eigenvalue weighted by atomic mass is 16.5. The van der Waals surface area contributed by atoms with Crippen LogP contribution >= 0.6 is 0 Å². The van der Waals surface area contributed by atoms with Crippen molar-refractivity contribution in [2.75, 3.05) is 11.9 Å². The number of hydrogen-bond donors (Lipinski definition) is 2. The number of carbonyl (C=O) groups is 1. The van der Waals surface area contributed by atoms with E-state index in [4.69, 9.17) is 15.2 Å². The Labute approximate surface area is 141 Å². The molecule has 2 aromatic rings. The van der Waals surface area contributed by atoms with Crippen molar-refractivity contribution in [2.45, 2.75) is 32.2 Å². The molecule has 2 heterocycles. The highest BCUT2D eigenvalue weighted by Gasteiger charge is 2.24. The van der Waals surface area contributed by atoms with Crippen LogP contribution in [0.2, 0.25) is 0 Å². The summed E-state index contributed by atoms with van der Waals surface area (Å²) in [6.45, 7) is 4.62. The minimum Gasteiger partial charge on any atom is -0.493 e. The Morgan fingerprint density at radius 3 is 3.00 bits per heavy atom. The fourth-order valence-electron chi connectivity index (χ4n) is 2.57. The van der Waals surface area contributed by atoms with Crippen molar-refractivity contribution in [2.24, 2.45) is 5.73 Å². The van der Waals surface area contributed by atoms with Crippen LogP contribution in [0.3, 0.4) is 0 Å². The summed E-state index contributed by atoms with van der Waals surface area (Å²) in [5.74, 6) is 2.12. The number of ether oxygens (including phenoxy) is 2. The molecule has 0 aliphatic carbocycles. The van der Waals surface area contributed by atoms with Crippen LogP contribution in [0, 0.1) is 0 Å². The number of benzene rings is 1. The molecule has 1 aromatic heterocycles. The summed E-state index contributed by atoms with van der Waals surface area (Å²) in [4.78, 5) is 16.0. The Morgan fingerprint density at radius 1 is 1.46 bits per heavy atom. The number of rotatable bonds is 5. The van der Waals surface area contributed by atoms with Gasteiger partial charge in [-0.3, -0.25) is 4.79 Å². The molecule has 1 amide bonds. The van der Waals surface area contributed by atoms with E-state index in [-0.39, 0.29) is 11.8 Å². The minimum absolute atomic E-state index is 0.222. The molecule has 1 aliphatic heterocycles. The molecule has 0 radical (unpaired) electrons. The molecule has 0 fully saturated rings. The smallest absolute Gasteiger partial charge is 0.241 e.